The fraction of sp³-hybridized carbons (Fsp3) is 0.0909. The second kappa shape index (κ2) is 4.85. The van der Waals surface area contributed by atoms with E-state index in [2.05, 4.69) is 14.7 Å². The molecule has 0 bridgehead atoms. The van der Waals surface area contributed by atoms with Crippen molar-refractivity contribution in [3.63, 3.8) is 0 Å². The van der Waals surface area contributed by atoms with Crippen LogP contribution in [-0.4, -0.2) is 16.4 Å². The highest BCUT2D eigenvalue weighted by Gasteiger charge is 1.97. The first-order valence-electron chi connectivity index (χ1n) is 4.67. The maximum Gasteiger partial charge on any atom is 0.214 e. The lowest BCUT2D eigenvalue weighted by atomic mass is 10.2. The summed E-state index contributed by atoms with van der Waals surface area (Å²) in [6.45, 7) is 0. The first-order valence-corrected chi connectivity index (χ1v) is 5.90. The van der Waals surface area contributed by atoms with Crippen molar-refractivity contribution in [3.8, 4) is 0 Å². The fourth-order valence-electron chi connectivity index (χ4n) is 1.28. The molecule has 82 valence electrons. The maximum absolute atomic E-state index is 5.88. The van der Waals surface area contributed by atoms with Gasteiger partial charge in [-0.1, -0.05) is 17.3 Å². The molecule has 0 aliphatic heterocycles. The zero-order valence-electron chi connectivity index (χ0n) is 8.75. The molecule has 0 amide bonds. The van der Waals surface area contributed by atoms with Crippen molar-refractivity contribution in [2.75, 3.05) is 12.0 Å². The summed E-state index contributed by atoms with van der Waals surface area (Å²) >= 11 is 1.63. The van der Waals surface area contributed by atoms with Gasteiger partial charge in [-0.2, -0.15) is 4.98 Å². The largest absolute Gasteiger partial charge is 0.398 e. The minimum atomic E-state index is 0.549. The lowest BCUT2D eigenvalue weighted by Crippen LogP contribution is -1.88. The van der Waals surface area contributed by atoms with E-state index in [-0.39, 0.29) is 0 Å². The number of nitrogen functional groups attached to an aromatic ring is 1. The van der Waals surface area contributed by atoms with Crippen LogP contribution in [0.25, 0.3) is 12.2 Å². The van der Waals surface area contributed by atoms with E-state index in [0.29, 0.717) is 5.82 Å². The van der Waals surface area contributed by atoms with Gasteiger partial charge in [-0.25, -0.2) is 0 Å². The monoisotopic (exact) mass is 233 g/mol. The first kappa shape index (κ1) is 10.8. The molecule has 2 aromatic rings. The summed E-state index contributed by atoms with van der Waals surface area (Å²) in [5.41, 5.74) is 7.67. The van der Waals surface area contributed by atoms with E-state index in [1.807, 2.05) is 30.5 Å². The van der Waals surface area contributed by atoms with Crippen LogP contribution in [0.3, 0.4) is 0 Å². The molecule has 1 aromatic carbocycles. The maximum atomic E-state index is 5.88. The Bertz CT molecular complexity index is 494. The Hall–Kier alpha value is -1.75. The first-order chi connectivity index (χ1) is 7.79. The number of anilines is 1. The summed E-state index contributed by atoms with van der Waals surface area (Å²) in [6.07, 6.45) is 6.97. The van der Waals surface area contributed by atoms with Gasteiger partial charge < -0.3 is 10.3 Å². The third-order valence-corrected chi connectivity index (χ3v) is 2.87. The molecule has 0 fully saturated rings. The minimum absolute atomic E-state index is 0.549. The summed E-state index contributed by atoms with van der Waals surface area (Å²) in [4.78, 5) is 4.97. The lowest BCUT2D eigenvalue weighted by Gasteiger charge is -2.02. The van der Waals surface area contributed by atoms with Crippen LogP contribution in [0.5, 0.6) is 0 Å². The van der Waals surface area contributed by atoms with Crippen molar-refractivity contribution in [1.82, 2.24) is 10.1 Å². The predicted molar refractivity (Wildman–Crippen MR) is 65.9 cm³/mol. The van der Waals surface area contributed by atoms with Crippen molar-refractivity contribution < 1.29 is 4.52 Å². The molecular formula is C11H11N3OS. The molecular weight excluding hydrogens is 222 g/mol. The topological polar surface area (TPSA) is 64.9 Å². The highest BCUT2D eigenvalue weighted by atomic mass is 32.2. The molecule has 0 saturated heterocycles. The van der Waals surface area contributed by atoms with Crippen LogP contribution >= 0.6 is 11.8 Å². The van der Waals surface area contributed by atoms with Crippen molar-refractivity contribution in [3.05, 3.63) is 36.0 Å². The average molecular weight is 233 g/mol. The van der Waals surface area contributed by atoms with Crippen LogP contribution in [0.15, 0.2) is 34.0 Å². The molecule has 0 aliphatic carbocycles. The summed E-state index contributed by atoms with van der Waals surface area (Å²) < 4.78 is 4.62. The van der Waals surface area contributed by atoms with E-state index in [0.717, 1.165) is 16.1 Å². The molecule has 0 aliphatic rings. The Balaban J connectivity index is 2.19. The number of hydrogen-bond donors (Lipinski definition) is 1. The number of nitrogens with two attached hydrogens (primary N) is 1. The van der Waals surface area contributed by atoms with E-state index in [1.165, 1.54) is 6.39 Å². The number of benzene rings is 1. The third kappa shape index (κ3) is 2.43. The third-order valence-electron chi connectivity index (χ3n) is 2.06. The number of thioether (sulfide) groups is 1. The van der Waals surface area contributed by atoms with Gasteiger partial charge in [0, 0.05) is 10.6 Å². The molecule has 5 heteroatoms. The van der Waals surface area contributed by atoms with Gasteiger partial charge in [-0.3, -0.25) is 0 Å². The molecule has 0 radical (unpaired) electrons. The molecule has 4 nitrogen and oxygen atoms in total. The van der Waals surface area contributed by atoms with Gasteiger partial charge in [0.05, 0.1) is 0 Å². The van der Waals surface area contributed by atoms with Crippen molar-refractivity contribution in [1.29, 1.82) is 0 Å². The molecule has 0 saturated carbocycles. The number of aromatic nitrogens is 2. The number of hydrogen-bond acceptors (Lipinski definition) is 5. The van der Waals surface area contributed by atoms with Gasteiger partial charge in [0.1, 0.15) is 0 Å². The Morgan fingerprint density at radius 3 is 2.88 bits per heavy atom. The molecule has 0 unspecified atom stereocenters. The van der Waals surface area contributed by atoms with E-state index >= 15 is 0 Å². The minimum Gasteiger partial charge on any atom is -0.398 e. The Kier molecular flexibility index (Phi) is 3.26. The Morgan fingerprint density at radius 2 is 2.25 bits per heavy atom. The highest BCUT2D eigenvalue weighted by molar-refractivity contribution is 7.98. The SMILES string of the molecule is CSc1ccc(C=Cc2ncon2)cc1N. The van der Waals surface area contributed by atoms with Gasteiger partial charge in [-0.15, -0.1) is 11.8 Å². The molecule has 2 N–H and O–H groups in total. The second-order valence-corrected chi connectivity index (χ2v) is 3.97. The van der Waals surface area contributed by atoms with Gasteiger partial charge in [-0.05, 0) is 30.0 Å². The Morgan fingerprint density at radius 1 is 1.38 bits per heavy atom. The van der Waals surface area contributed by atoms with Crippen molar-refractivity contribution in [2.24, 2.45) is 0 Å². The molecule has 2 rings (SSSR count). The smallest absolute Gasteiger partial charge is 0.214 e. The molecule has 16 heavy (non-hydrogen) atoms. The average Bonchev–Trinajstić information content (AvgIpc) is 2.79. The lowest BCUT2D eigenvalue weighted by molar-refractivity contribution is 0.415. The van der Waals surface area contributed by atoms with Gasteiger partial charge >= 0.3 is 0 Å². The number of nitrogens with zero attached hydrogens (tertiary/aromatic N) is 2. The van der Waals surface area contributed by atoms with Crippen LogP contribution in [0, 0.1) is 0 Å². The van der Waals surface area contributed by atoms with Crippen LogP contribution in [0.1, 0.15) is 11.4 Å². The number of rotatable bonds is 3. The summed E-state index contributed by atoms with van der Waals surface area (Å²) in [5, 5.41) is 3.68. The summed E-state index contributed by atoms with van der Waals surface area (Å²) in [5.74, 6) is 0.549. The Labute approximate surface area is 97.5 Å². The van der Waals surface area contributed by atoms with Crippen molar-refractivity contribution in [2.45, 2.75) is 4.90 Å². The van der Waals surface area contributed by atoms with E-state index in [1.54, 1.807) is 17.8 Å². The zero-order chi connectivity index (χ0) is 11.4. The quantitative estimate of drug-likeness (QED) is 0.652. The normalized spacial score (nSPS) is 11.1. The van der Waals surface area contributed by atoms with Crippen molar-refractivity contribution >= 4 is 29.6 Å². The fourth-order valence-corrected chi connectivity index (χ4v) is 1.78. The van der Waals surface area contributed by atoms with Gasteiger partial charge in [0.25, 0.3) is 0 Å². The van der Waals surface area contributed by atoms with Gasteiger partial charge in [0.15, 0.2) is 5.82 Å². The zero-order valence-corrected chi connectivity index (χ0v) is 9.57. The van der Waals surface area contributed by atoms with Crippen LogP contribution in [0.2, 0.25) is 0 Å². The van der Waals surface area contributed by atoms with Crippen LogP contribution < -0.4 is 5.73 Å². The molecule has 0 spiro atoms. The predicted octanol–water partition coefficient (Wildman–Crippen LogP) is 2.54. The van der Waals surface area contributed by atoms with Gasteiger partial charge in [0.2, 0.25) is 6.39 Å². The van der Waals surface area contributed by atoms with E-state index < -0.39 is 0 Å². The summed E-state index contributed by atoms with van der Waals surface area (Å²) in [7, 11) is 0. The molecule has 1 heterocycles. The van der Waals surface area contributed by atoms with E-state index in [4.69, 9.17) is 5.73 Å². The van der Waals surface area contributed by atoms with Crippen LogP contribution in [-0.2, 0) is 0 Å². The van der Waals surface area contributed by atoms with Crippen LogP contribution in [0.4, 0.5) is 5.69 Å². The molecule has 1 aromatic heterocycles. The highest BCUT2D eigenvalue weighted by Crippen LogP contribution is 2.24. The molecule has 0 atom stereocenters. The second-order valence-electron chi connectivity index (χ2n) is 3.12. The summed E-state index contributed by atoms with van der Waals surface area (Å²) in [6, 6.07) is 5.91. The standard InChI is InChI=1S/C11H11N3OS/c1-16-10-4-2-8(6-9(10)12)3-5-11-13-7-15-14-11/h2-7H,12H2,1H3. The van der Waals surface area contributed by atoms with E-state index in [9.17, 15) is 0 Å².